The number of rotatable bonds is 12. The van der Waals surface area contributed by atoms with E-state index in [1.54, 1.807) is 63.2 Å². The van der Waals surface area contributed by atoms with Crippen LogP contribution in [0.25, 0.3) is 5.52 Å². The first-order valence-electron chi connectivity index (χ1n) is 15.5. The molecule has 1 saturated carbocycles. The van der Waals surface area contributed by atoms with Crippen LogP contribution in [0.5, 0.6) is 5.75 Å². The average molecular weight is 660 g/mol. The maximum absolute atomic E-state index is 14.3. The van der Waals surface area contributed by atoms with E-state index in [1.165, 1.54) is 17.8 Å². The van der Waals surface area contributed by atoms with E-state index in [1.807, 2.05) is 0 Å². The number of hydrogen-bond acceptors (Lipinski definition) is 12. The Kier molecular flexibility index (Phi) is 10.3. The molecule has 5 rings (SSSR count). The third-order valence-electron chi connectivity index (χ3n) is 8.17. The molecule has 0 amide bonds. The maximum Gasteiger partial charge on any atom is 0.459 e. The summed E-state index contributed by atoms with van der Waals surface area (Å²) in [5.41, 5.74) is 5.38. The molecule has 6 atom stereocenters. The third kappa shape index (κ3) is 7.53. The van der Waals surface area contributed by atoms with Crippen LogP contribution in [0, 0.1) is 5.92 Å². The van der Waals surface area contributed by atoms with Crippen LogP contribution < -0.4 is 15.3 Å². The molecule has 46 heavy (non-hydrogen) atoms. The standard InChI is InChI=1S/C31H42N5O9P/c1-19(2)29(38)43-27-25(37)26(23-15-16-24-28(32)33-18-34-36(23)24)44-31(27,4)17-41-46(40,45-22-13-9-6-10-14-22)35-20(3)30(39)42-21-11-7-5-8-12-21/h6,9-10,13-16,18-21,25-27,37H,5,7-8,11-12,17H2,1-4H3,(H,35,40)(H2,32,33,34)/t20-,25-,26-,27-,31+,46-/m0/s1. The number of nitrogens with one attached hydrogen (secondary N) is 1. The second-order valence-electron chi connectivity index (χ2n) is 12.3. The smallest absolute Gasteiger partial charge is 0.459 e. The van der Waals surface area contributed by atoms with Gasteiger partial charge in [-0.1, -0.05) is 38.5 Å². The fourth-order valence-electron chi connectivity index (χ4n) is 5.60. The molecule has 250 valence electrons. The zero-order chi connectivity index (χ0) is 33.1. The van der Waals surface area contributed by atoms with E-state index in [0.29, 0.717) is 11.2 Å². The van der Waals surface area contributed by atoms with E-state index in [2.05, 4.69) is 15.2 Å². The van der Waals surface area contributed by atoms with E-state index in [0.717, 1.165) is 32.1 Å². The normalized spacial score (nSPS) is 25.7. The van der Waals surface area contributed by atoms with Crippen molar-refractivity contribution in [2.45, 2.75) is 95.9 Å². The van der Waals surface area contributed by atoms with Crippen molar-refractivity contribution in [3.63, 3.8) is 0 Å². The minimum absolute atomic E-state index is 0.202. The lowest BCUT2D eigenvalue weighted by molar-refractivity contribution is -0.168. The van der Waals surface area contributed by atoms with Crippen LogP contribution in [-0.4, -0.2) is 68.2 Å². The number of nitrogens with two attached hydrogens (primary N) is 1. The number of fused-ring (bicyclic) bond motifs is 1. The Morgan fingerprint density at radius 3 is 2.52 bits per heavy atom. The first kappa shape index (κ1) is 33.8. The molecule has 15 heteroatoms. The number of benzene rings is 1. The van der Waals surface area contributed by atoms with Crippen molar-refractivity contribution in [2.75, 3.05) is 12.3 Å². The molecule has 3 heterocycles. The van der Waals surface area contributed by atoms with Gasteiger partial charge in [-0.05, 0) is 63.8 Å². The Morgan fingerprint density at radius 2 is 1.83 bits per heavy atom. The van der Waals surface area contributed by atoms with Gasteiger partial charge in [0.15, 0.2) is 11.9 Å². The quantitative estimate of drug-likeness (QED) is 0.186. The van der Waals surface area contributed by atoms with Gasteiger partial charge < -0.3 is 29.6 Å². The van der Waals surface area contributed by atoms with Crippen LogP contribution in [0.1, 0.15) is 71.6 Å². The molecule has 0 unspecified atom stereocenters. The lowest BCUT2D eigenvalue weighted by Crippen LogP contribution is -2.48. The summed E-state index contributed by atoms with van der Waals surface area (Å²) in [6, 6.07) is 10.6. The highest BCUT2D eigenvalue weighted by atomic mass is 31.2. The molecule has 2 aliphatic rings. The molecule has 1 saturated heterocycles. The number of anilines is 1. The summed E-state index contributed by atoms with van der Waals surface area (Å²) in [5.74, 6) is -1.23. The van der Waals surface area contributed by atoms with Gasteiger partial charge in [0.25, 0.3) is 0 Å². The summed E-state index contributed by atoms with van der Waals surface area (Å²) in [5, 5.41) is 18.5. The van der Waals surface area contributed by atoms with Gasteiger partial charge in [-0.2, -0.15) is 10.2 Å². The van der Waals surface area contributed by atoms with E-state index in [-0.39, 0.29) is 17.7 Å². The minimum atomic E-state index is -4.32. The summed E-state index contributed by atoms with van der Waals surface area (Å²) in [4.78, 5) is 29.8. The predicted octanol–water partition coefficient (Wildman–Crippen LogP) is 4.13. The number of carbonyl (C=O) groups is 2. The summed E-state index contributed by atoms with van der Waals surface area (Å²) in [7, 11) is -4.32. The number of para-hydroxylation sites is 1. The first-order valence-corrected chi connectivity index (χ1v) is 17.1. The molecular formula is C31H42N5O9P. The molecule has 3 aromatic rings. The summed E-state index contributed by atoms with van der Waals surface area (Å²) in [6.07, 6.45) is 1.99. The Labute approximate surface area is 267 Å². The van der Waals surface area contributed by atoms with E-state index in [4.69, 9.17) is 29.0 Å². The fraction of sp³-hybridized carbons (Fsp3) is 0.548. The van der Waals surface area contributed by atoms with Gasteiger partial charge >= 0.3 is 19.7 Å². The minimum Gasteiger partial charge on any atom is -0.461 e. The Morgan fingerprint density at radius 1 is 1.11 bits per heavy atom. The highest BCUT2D eigenvalue weighted by Crippen LogP contribution is 2.49. The van der Waals surface area contributed by atoms with Gasteiger partial charge in [0, 0.05) is 0 Å². The van der Waals surface area contributed by atoms with Crippen molar-refractivity contribution in [1.82, 2.24) is 19.7 Å². The molecular weight excluding hydrogens is 617 g/mol. The lowest BCUT2D eigenvalue weighted by atomic mass is 9.96. The monoisotopic (exact) mass is 659 g/mol. The zero-order valence-corrected chi connectivity index (χ0v) is 27.3. The van der Waals surface area contributed by atoms with Gasteiger partial charge in [-0.3, -0.25) is 14.1 Å². The van der Waals surface area contributed by atoms with E-state index in [9.17, 15) is 19.3 Å². The molecule has 2 fully saturated rings. The first-order chi connectivity index (χ1) is 21.9. The molecule has 14 nitrogen and oxygen atoms in total. The van der Waals surface area contributed by atoms with Crippen LogP contribution in [-0.2, 0) is 32.9 Å². The Hall–Kier alpha value is -3.55. The summed E-state index contributed by atoms with van der Waals surface area (Å²) in [6.45, 7) is 5.94. The summed E-state index contributed by atoms with van der Waals surface area (Å²) < 4.78 is 45.4. The Bertz CT molecular complexity index is 1560. The average Bonchev–Trinajstić information content (AvgIpc) is 3.57. The molecule has 1 aliphatic heterocycles. The molecule has 1 aliphatic carbocycles. The fourth-order valence-corrected chi connectivity index (χ4v) is 7.19. The van der Waals surface area contributed by atoms with Gasteiger partial charge in [-0.15, -0.1) is 0 Å². The largest absolute Gasteiger partial charge is 0.461 e. The van der Waals surface area contributed by atoms with Crippen molar-refractivity contribution >= 4 is 31.0 Å². The van der Waals surface area contributed by atoms with Crippen LogP contribution in [0.4, 0.5) is 5.82 Å². The number of carbonyl (C=O) groups excluding carboxylic acids is 2. The molecule has 2 aromatic heterocycles. The van der Waals surface area contributed by atoms with Crippen LogP contribution >= 0.6 is 7.75 Å². The number of nitrogens with zero attached hydrogens (tertiary/aromatic N) is 3. The van der Waals surface area contributed by atoms with Gasteiger partial charge in [0.1, 0.15) is 47.5 Å². The van der Waals surface area contributed by atoms with E-state index < -0.39 is 62.2 Å². The number of aliphatic hydroxyl groups is 1. The van der Waals surface area contributed by atoms with Crippen molar-refractivity contribution in [1.29, 1.82) is 0 Å². The molecule has 0 radical (unpaired) electrons. The summed E-state index contributed by atoms with van der Waals surface area (Å²) >= 11 is 0. The zero-order valence-electron chi connectivity index (χ0n) is 26.4. The number of esters is 2. The number of aromatic nitrogens is 3. The Balaban J connectivity index is 1.40. The van der Waals surface area contributed by atoms with Crippen molar-refractivity contribution < 1.29 is 42.5 Å². The lowest BCUT2D eigenvalue weighted by Gasteiger charge is -2.32. The number of aliphatic hydroxyl groups excluding tert-OH is 1. The topological polar surface area (TPSA) is 186 Å². The molecule has 4 N–H and O–H groups in total. The van der Waals surface area contributed by atoms with Crippen molar-refractivity contribution in [3.05, 3.63) is 54.5 Å². The van der Waals surface area contributed by atoms with Gasteiger partial charge in [-0.25, -0.2) is 14.1 Å². The van der Waals surface area contributed by atoms with Gasteiger partial charge in [0.05, 0.1) is 18.2 Å². The van der Waals surface area contributed by atoms with Crippen molar-refractivity contribution in [3.8, 4) is 5.75 Å². The maximum atomic E-state index is 14.3. The van der Waals surface area contributed by atoms with Gasteiger partial charge in [0.2, 0.25) is 0 Å². The second kappa shape index (κ2) is 14.1. The molecule has 1 aromatic carbocycles. The predicted molar refractivity (Wildman–Crippen MR) is 167 cm³/mol. The van der Waals surface area contributed by atoms with Crippen molar-refractivity contribution in [2.24, 2.45) is 5.92 Å². The third-order valence-corrected chi connectivity index (χ3v) is 9.79. The highest BCUT2D eigenvalue weighted by Gasteiger charge is 2.57. The number of nitrogen functional groups attached to an aromatic ring is 1. The second-order valence-corrected chi connectivity index (χ2v) is 14.0. The SMILES string of the molecule is CC(C)C(=O)O[C@H]1[C@@H](O)[C@H](c2ccc3c(N)ncnn23)O[C@]1(C)CO[P@@](=O)(N[C@@H](C)C(=O)OC1CCCCC1)Oc1ccccc1. The van der Waals surface area contributed by atoms with Crippen LogP contribution in [0.3, 0.4) is 0 Å². The molecule has 0 bridgehead atoms. The highest BCUT2D eigenvalue weighted by molar-refractivity contribution is 7.52. The number of ether oxygens (including phenoxy) is 3. The van der Waals surface area contributed by atoms with Crippen LogP contribution in [0.2, 0.25) is 0 Å². The van der Waals surface area contributed by atoms with Crippen LogP contribution in [0.15, 0.2) is 48.8 Å². The number of hydrogen-bond donors (Lipinski definition) is 3. The molecule has 0 spiro atoms. The van der Waals surface area contributed by atoms with E-state index >= 15 is 0 Å².